The fraction of sp³-hybridized carbons (Fsp3) is 0.294. The molecule has 0 spiro atoms. The standard InChI is InChI=1S/C17H18FN3O/c1-13-5-7-14(8-6-13)17(22)21-11-9-20(10-12-21)16-4-2-3-15(18)19-16/h2-8H,9-12H2,1H3. The van der Waals surface area contributed by atoms with Crippen molar-refractivity contribution in [3.8, 4) is 0 Å². The molecule has 0 atom stereocenters. The summed E-state index contributed by atoms with van der Waals surface area (Å²) in [6.07, 6.45) is 0. The van der Waals surface area contributed by atoms with Crippen LogP contribution in [-0.4, -0.2) is 42.0 Å². The average Bonchev–Trinajstić information content (AvgIpc) is 2.55. The predicted octanol–water partition coefficient (Wildman–Crippen LogP) is 2.49. The molecule has 2 aromatic rings. The summed E-state index contributed by atoms with van der Waals surface area (Å²) in [6, 6.07) is 12.4. The third kappa shape index (κ3) is 3.08. The van der Waals surface area contributed by atoms with E-state index in [0.29, 0.717) is 37.6 Å². The molecule has 2 heterocycles. The van der Waals surface area contributed by atoms with Gasteiger partial charge in [-0.2, -0.15) is 4.39 Å². The Morgan fingerprint density at radius 3 is 2.36 bits per heavy atom. The topological polar surface area (TPSA) is 36.4 Å². The van der Waals surface area contributed by atoms with Crippen molar-refractivity contribution in [1.29, 1.82) is 0 Å². The highest BCUT2D eigenvalue weighted by molar-refractivity contribution is 5.94. The first-order valence-electron chi connectivity index (χ1n) is 7.37. The van der Waals surface area contributed by atoms with Gasteiger partial charge < -0.3 is 9.80 Å². The second kappa shape index (κ2) is 6.13. The van der Waals surface area contributed by atoms with Crippen LogP contribution in [-0.2, 0) is 0 Å². The summed E-state index contributed by atoms with van der Waals surface area (Å²) in [4.78, 5) is 20.2. The van der Waals surface area contributed by atoms with E-state index in [0.717, 1.165) is 5.56 Å². The zero-order chi connectivity index (χ0) is 15.5. The first-order valence-corrected chi connectivity index (χ1v) is 7.37. The molecule has 0 bridgehead atoms. The van der Waals surface area contributed by atoms with Crippen molar-refractivity contribution in [2.24, 2.45) is 0 Å². The molecule has 1 aliphatic rings. The molecule has 1 aliphatic heterocycles. The number of pyridine rings is 1. The lowest BCUT2D eigenvalue weighted by molar-refractivity contribution is 0.0746. The van der Waals surface area contributed by atoms with E-state index in [2.05, 4.69) is 4.98 Å². The van der Waals surface area contributed by atoms with Gasteiger partial charge in [-0.3, -0.25) is 4.79 Å². The Hall–Kier alpha value is -2.43. The highest BCUT2D eigenvalue weighted by atomic mass is 19.1. The van der Waals surface area contributed by atoms with Crippen molar-refractivity contribution in [3.05, 3.63) is 59.5 Å². The van der Waals surface area contributed by atoms with Gasteiger partial charge in [-0.15, -0.1) is 0 Å². The van der Waals surface area contributed by atoms with E-state index in [1.165, 1.54) is 6.07 Å². The van der Waals surface area contributed by atoms with Crippen LogP contribution in [0.1, 0.15) is 15.9 Å². The van der Waals surface area contributed by atoms with Gasteiger partial charge in [0.05, 0.1) is 0 Å². The number of halogens is 1. The first-order chi connectivity index (χ1) is 10.6. The Labute approximate surface area is 129 Å². The zero-order valence-electron chi connectivity index (χ0n) is 12.5. The van der Waals surface area contributed by atoms with Gasteiger partial charge in [-0.25, -0.2) is 4.98 Å². The second-order valence-electron chi connectivity index (χ2n) is 5.46. The van der Waals surface area contributed by atoms with Gasteiger partial charge in [0.15, 0.2) is 0 Å². The molecule has 5 heteroatoms. The summed E-state index contributed by atoms with van der Waals surface area (Å²) in [6.45, 7) is 4.55. The van der Waals surface area contributed by atoms with E-state index < -0.39 is 5.95 Å². The van der Waals surface area contributed by atoms with Crippen molar-refractivity contribution >= 4 is 11.7 Å². The molecule has 1 aromatic carbocycles. The van der Waals surface area contributed by atoms with Crippen molar-refractivity contribution < 1.29 is 9.18 Å². The maximum Gasteiger partial charge on any atom is 0.253 e. The van der Waals surface area contributed by atoms with E-state index in [1.54, 1.807) is 12.1 Å². The lowest BCUT2D eigenvalue weighted by atomic mass is 10.1. The van der Waals surface area contributed by atoms with E-state index in [9.17, 15) is 9.18 Å². The molecule has 0 saturated carbocycles. The number of aryl methyl sites for hydroxylation is 1. The minimum atomic E-state index is -0.476. The van der Waals surface area contributed by atoms with Gasteiger partial charge >= 0.3 is 0 Å². The van der Waals surface area contributed by atoms with Crippen LogP contribution in [0.5, 0.6) is 0 Å². The molecule has 0 radical (unpaired) electrons. The molecule has 1 saturated heterocycles. The van der Waals surface area contributed by atoms with E-state index in [1.807, 2.05) is 41.0 Å². The minimum absolute atomic E-state index is 0.0480. The van der Waals surface area contributed by atoms with Gasteiger partial charge in [0, 0.05) is 31.7 Å². The Morgan fingerprint density at radius 1 is 1.05 bits per heavy atom. The number of amides is 1. The Morgan fingerprint density at radius 2 is 1.73 bits per heavy atom. The highest BCUT2D eigenvalue weighted by Gasteiger charge is 2.22. The number of piperazine rings is 1. The van der Waals surface area contributed by atoms with Crippen molar-refractivity contribution in [2.75, 3.05) is 31.1 Å². The number of carbonyl (C=O) groups is 1. The summed E-state index contributed by atoms with van der Waals surface area (Å²) in [5.41, 5.74) is 1.85. The number of nitrogens with zero attached hydrogens (tertiary/aromatic N) is 3. The maximum atomic E-state index is 13.2. The van der Waals surface area contributed by atoms with Crippen molar-refractivity contribution in [1.82, 2.24) is 9.88 Å². The Kier molecular flexibility index (Phi) is 4.04. The molecular weight excluding hydrogens is 281 g/mol. The molecule has 0 unspecified atom stereocenters. The molecule has 1 aromatic heterocycles. The summed E-state index contributed by atoms with van der Waals surface area (Å²) < 4.78 is 13.2. The van der Waals surface area contributed by atoms with Gasteiger partial charge in [-0.1, -0.05) is 23.8 Å². The zero-order valence-corrected chi connectivity index (χ0v) is 12.5. The molecule has 114 valence electrons. The predicted molar refractivity (Wildman–Crippen MR) is 83.5 cm³/mol. The van der Waals surface area contributed by atoms with Crippen molar-refractivity contribution in [2.45, 2.75) is 6.92 Å². The maximum absolute atomic E-state index is 13.2. The quantitative estimate of drug-likeness (QED) is 0.799. The normalized spacial score (nSPS) is 15.0. The molecule has 22 heavy (non-hydrogen) atoms. The number of rotatable bonds is 2. The van der Waals surface area contributed by atoms with Crippen molar-refractivity contribution in [3.63, 3.8) is 0 Å². The van der Waals surface area contributed by atoms with Gasteiger partial charge in [-0.05, 0) is 31.2 Å². The smallest absolute Gasteiger partial charge is 0.253 e. The number of anilines is 1. The fourth-order valence-corrected chi connectivity index (χ4v) is 2.59. The SMILES string of the molecule is Cc1ccc(C(=O)N2CCN(c3cccc(F)n3)CC2)cc1. The number of hydrogen-bond acceptors (Lipinski definition) is 3. The largest absolute Gasteiger partial charge is 0.353 e. The third-order valence-corrected chi connectivity index (χ3v) is 3.89. The number of benzene rings is 1. The first kappa shape index (κ1) is 14.5. The fourth-order valence-electron chi connectivity index (χ4n) is 2.59. The Bertz CT molecular complexity index is 664. The van der Waals surface area contributed by atoms with Crippen LogP contribution >= 0.6 is 0 Å². The number of aromatic nitrogens is 1. The molecule has 0 N–H and O–H groups in total. The van der Waals surface area contributed by atoms with Gasteiger partial charge in [0.1, 0.15) is 5.82 Å². The van der Waals surface area contributed by atoms with Crippen LogP contribution in [0.3, 0.4) is 0 Å². The molecule has 1 fully saturated rings. The molecule has 4 nitrogen and oxygen atoms in total. The highest BCUT2D eigenvalue weighted by Crippen LogP contribution is 2.15. The van der Waals surface area contributed by atoms with Crippen LogP contribution in [0.25, 0.3) is 0 Å². The van der Waals surface area contributed by atoms with Gasteiger partial charge in [0.25, 0.3) is 5.91 Å². The molecule has 1 amide bonds. The van der Waals surface area contributed by atoms with Crippen LogP contribution in [0, 0.1) is 12.9 Å². The van der Waals surface area contributed by atoms with Crippen LogP contribution < -0.4 is 4.90 Å². The third-order valence-electron chi connectivity index (χ3n) is 3.89. The average molecular weight is 299 g/mol. The Balaban J connectivity index is 1.64. The lowest BCUT2D eigenvalue weighted by Crippen LogP contribution is -2.49. The summed E-state index contributed by atoms with van der Waals surface area (Å²) in [7, 11) is 0. The summed E-state index contributed by atoms with van der Waals surface area (Å²) in [5.74, 6) is 0.199. The van der Waals surface area contributed by atoms with Crippen LogP contribution in [0.15, 0.2) is 42.5 Å². The minimum Gasteiger partial charge on any atom is -0.353 e. The summed E-state index contributed by atoms with van der Waals surface area (Å²) >= 11 is 0. The van der Waals surface area contributed by atoms with E-state index in [4.69, 9.17) is 0 Å². The molecule has 0 aliphatic carbocycles. The summed E-state index contributed by atoms with van der Waals surface area (Å²) in [5, 5.41) is 0. The number of carbonyl (C=O) groups excluding carboxylic acids is 1. The van der Waals surface area contributed by atoms with E-state index >= 15 is 0 Å². The number of hydrogen-bond donors (Lipinski definition) is 0. The van der Waals surface area contributed by atoms with Gasteiger partial charge in [0.2, 0.25) is 5.95 Å². The van der Waals surface area contributed by atoms with E-state index in [-0.39, 0.29) is 5.91 Å². The molecule has 3 rings (SSSR count). The second-order valence-corrected chi connectivity index (χ2v) is 5.46. The monoisotopic (exact) mass is 299 g/mol. The lowest BCUT2D eigenvalue weighted by Gasteiger charge is -2.35. The van der Waals surface area contributed by atoms with Crippen LogP contribution in [0.4, 0.5) is 10.2 Å². The molecular formula is C17H18FN3O. The van der Waals surface area contributed by atoms with Crippen LogP contribution in [0.2, 0.25) is 0 Å².